The van der Waals surface area contributed by atoms with Crippen LogP contribution in [0.25, 0.3) is 0 Å². The molecule has 0 aliphatic carbocycles. The third-order valence-corrected chi connectivity index (χ3v) is 2.42. The maximum Gasteiger partial charge on any atom is 0.150 e. The van der Waals surface area contributed by atoms with Crippen molar-refractivity contribution >= 4 is 23.1 Å². The van der Waals surface area contributed by atoms with E-state index in [-0.39, 0.29) is 0 Å². The summed E-state index contributed by atoms with van der Waals surface area (Å²) in [6.45, 7) is 2.12. The third-order valence-electron chi connectivity index (χ3n) is 0.636. The number of rotatable bonds is 2. The average Bonchev–Trinajstić information content (AvgIpc) is 2.19. The minimum atomic E-state index is 1.10. The van der Waals surface area contributed by atoms with Crippen molar-refractivity contribution in [1.29, 1.82) is 0 Å². The summed E-state index contributed by atoms with van der Waals surface area (Å²) < 4.78 is 1.12. The first kappa shape index (κ1) is 6.11. The highest BCUT2D eigenvalue weighted by Gasteiger charge is 1.90. The molecule has 0 aromatic carbocycles. The van der Waals surface area contributed by atoms with Gasteiger partial charge in [-0.2, -0.15) is 0 Å². The fraction of sp³-hybridized carbons (Fsp3) is 0.400. The topological polar surface area (TPSA) is 12.9 Å². The molecule has 0 bridgehead atoms. The van der Waals surface area contributed by atoms with E-state index in [1.165, 1.54) is 0 Å². The Balaban J connectivity index is 2.50. The Morgan fingerprint density at radius 3 is 3.38 bits per heavy atom. The molecule has 1 radical (unpaired) electrons. The number of hydrogen-bond donors (Lipinski definition) is 0. The molecule has 43 valence electrons. The maximum absolute atomic E-state index is 3.96. The Bertz CT molecular complexity index is 136. The van der Waals surface area contributed by atoms with Crippen molar-refractivity contribution in [2.24, 2.45) is 0 Å². The molecule has 0 N–H and O–H groups in total. The van der Waals surface area contributed by atoms with E-state index in [0.29, 0.717) is 0 Å². The summed E-state index contributed by atoms with van der Waals surface area (Å²) in [5, 5.41) is 1.87. The normalized spacial score (nSPS) is 9.62. The fourth-order valence-electron chi connectivity index (χ4n) is 0.372. The van der Waals surface area contributed by atoms with Gasteiger partial charge in [0, 0.05) is 5.38 Å². The number of nitrogens with zero attached hydrogens (tertiary/aromatic N) is 1. The van der Waals surface area contributed by atoms with Crippen LogP contribution in [-0.2, 0) is 0 Å². The molecule has 0 saturated carbocycles. The summed E-state index contributed by atoms with van der Waals surface area (Å²) in [5.74, 6) is 1.10. The van der Waals surface area contributed by atoms with Gasteiger partial charge in [0.1, 0.15) is 6.20 Å². The van der Waals surface area contributed by atoms with E-state index < -0.39 is 0 Å². The second kappa shape index (κ2) is 3.10. The molecule has 0 unspecified atom stereocenters. The summed E-state index contributed by atoms with van der Waals surface area (Å²) in [6.07, 6.45) is 2.76. The standard InChI is InChI=1S/C5H6NS2/c1-2-7-5-6-3-4-8-5/h4H,2H2,1H3. The first-order valence-corrected chi connectivity index (χ1v) is 4.24. The van der Waals surface area contributed by atoms with E-state index in [4.69, 9.17) is 0 Å². The zero-order valence-corrected chi connectivity index (χ0v) is 6.18. The van der Waals surface area contributed by atoms with Crippen molar-refractivity contribution in [2.75, 3.05) is 5.75 Å². The summed E-state index contributed by atoms with van der Waals surface area (Å²) in [7, 11) is 0. The lowest BCUT2D eigenvalue weighted by Crippen LogP contribution is -1.65. The molecule has 1 nitrogen and oxygen atoms in total. The minimum absolute atomic E-state index is 1.10. The van der Waals surface area contributed by atoms with Crippen LogP contribution in [0, 0.1) is 6.20 Å². The molecule has 1 heterocycles. The Labute approximate surface area is 57.1 Å². The van der Waals surface area contributed by atoms with Crippen molar-refractivity contribution in [3.8, 4) is 0 Å². The molecule has 8 heavy (non-hydrogen) atoms. The molecular weight excluding hydrogens is 138 g/mol. The van der Waals surface area contributed by atoms with Gasteiger partial charge in [0.2, 0.25) is 0 Å². The molecule has 3 heteroatoms. The average molecular weight is 144 g/mol. The molecule has 0 fully saturated rings. The zero-order chi connectivity index (χ0) is 5.82. The number of thioether (sulfide) groups is 1. The molecular formula is C5H6NS2. The summed E-state index contributed by atoms with van der Waals surface area (Å²) >= 11 is 3.40. The molecule has 0 aliphatic heterocycles. The van der Waals surface area contributed by atoms with Gasteiger partial charge >= 0.3 is 0 Å². The maximum atomic E-state index is 3.96. The number of hydrogen-bond acceptors (Lipinski definition) is 3. The van der Waals surface area contributed by atoms with Gasteiger partial charge in [-0.05, 0) is 5.75 Å². The Kier molecular flexibility index (Phi) is 2.36. The molecule has 1 aromatic rings. The monoisotopic (exact) mass is 144 g/mol. The van der Waals surface area contributed by atoms with Gasteiger partial charge < -0.3 is 0 Å². The van der Waals surface area contributed by atoms with E-state index in [2.05, 4.69) is 18.1 Å². The number of aromatic nitrogens is 1. The van der Waals surface area contributed by atoms with Crippen LogP contribution in [0.4, 0.5) is 0 Å². The summed E-state index contributed by atoms with van der Waals surface area (Å²) in [6, 6.07) is 0. The highest BCUT2D eigenvalue weighted by Crippen LogP contribution is 2.18. The van der Waals surface area contributed by atoms with Gasteiger partial charge in [-0.3, -0.25) is 0 Å². The first-order valence-electron chi connectivity index (χ1n) is 2.38. The highest BCUT2D eigenvalue weighted by molar-refractivity contribution is 8.00. The van der Waals surface area contributed by atoms with E-state index in [1.54, 1.807) is 23.1 Å². The predicted octanol–water partition coefficient (Wildman–Crippen LogP) is 2.06. The van der Waals surface area contributed by atoms with Crippen LogP contribution in [0.1, 0.15) is 6.92 Å². The van der Waals surface area contributed by atoms with Gasteiger partial charge in [0.25, 0.3) is 0 Å². The van der Waals surface area contributed by atoms with E-state index in [1.807, 2.05) is 5.38 Å². The SMILES string of the molecule is CCSc1n[c]cs1. The summed E-state index contributed by atoms with van der Waals surface area (Å²) in [4.78, 5) is 3.96. The molecule has 0 atom stereocenters. The van der Waals surface area contributed by atoms with Crippen molar-refractivity contribution in [3.63, 3.8) is 0 Å². The van der Waals surface area contributed by atoms with Crippen LogP contribution < -0.4 is 0 Å². The molecule has 0 saturated heterocycles. The molecule has 0 spiro atoms. The Morgan fingerprint density at radius 2 is 2.88 bits per heavy atom. The molecule has 0 aliphatic rings. The van der Waals surface area contributed by atoms with Crippen LogP contribution in [0.5, 0.6) is 0 Å². The Morgan fingerprint density at radius 1 is 2.00 bits per heavy atom. The quantitative estimate of drug-likeness (QED) is 0.589. The zero-order valence-electron chi connectivity index (χ0n) is 4.55. The lowest BCUT2D eigenvalue weighted by atomic mass is 11.0. The second-order valence-electron chi connectivity index (χ2n) is 1.18. The van der Waals surface area contributed by atoms with Crippen LogP contribution in [0.15, 0.2) is 9.72 Å². The van der Waals surface area contributed by atoms with Crippen molar-refractivity contribution < 1.29 is 0 Å². The van der Waals surface area contributed by atoms with Crippen molar-refractivity contribution in [2.45, 2.75) is 11.3 Å². The van der Waals surface area contributed by atoms with Gasteiger partial charge in [-0.25, -0.2) is 4.98 Å². The summed E-state index contributed by atoms with van der Waals surface area (Å²) in [5.41, 5.74) is 0. The lowest BCUT2D eigenvalue weighted by molar-refractivity contribution is 1.24. The largest absolute Gasteiger partial charge is 0.228 e. The van der Waals surface area contributed by atoms with E-state index >= 15 is 0 Å². The van der Waals surface area contributed by atoms with Crippen LogP contribution in [0.3, 0.4) is 0 Å². The smallest absolute Gasteiger partial charge is 0.150 e. The Hall–Kier alpha value is -0.0200. The van der Waals surface area contributed by atoms with Crippen molar-refractivity contribution in [1.82, 2.24) is 4.98 Å². The fourth-order valence-corrected chi connectivity index (χ4v) is 1.82. The lowest BCUT2D eigenvalue weighted by Gasteiger charge is -1.84. The number of thiazole rings is 1. The molecule has 1 rings (SSSR count). The van der Waals surface area contributed by atoms with Gasteiger partial charge in [-0.1, -0.05) is 18.7 Å². The van der Waals surface area contributed by atoms with Gasteiger partial charge in [0.05, 0.1) is 0 Å². The molecule has 0 amide bonds. The van der Waals surface area contributed by atoms with E-state index in [9.17, 15) is 0 Å². The minimum Gasteiger partial charge on any atom is -0.228 e. The highest BCUT2D eigenvalue weighted by atomic mass is 32.2. The van der Waals surface area contributed by atoms with Gasteiger partial charge in [0.15, 0.2) is 4.34 Å². The first-order chi connectivity index (χ1) is 3.93. The van der Waals surface area contributed by atoms with Crippen LogP contribution in [0.2, 0.25) is 0 Å². The van der Waals surface area contributed by atoms with E-state index in [0.717, 1.165) is 10.1 Å². The van der Waals surface area contributed by atoms with Crippen molar-refractivity contribution in [3.05, 3.63) is 11.6 Å². The van der Waals surface area contributed by atoms with Gasteiger partial charge in [-0.15, -0.1) is 11.3 Å². The molecule has 1 aromatic heterocycles. The second-order valence-corrected chi connectivity index (χ2v) is 3.54. The predicted molar refractivity (Wildman–Crippen MR) is 37.3 cm³/mol. The van der Waals surface area contributed by atoms with Crippen LogP contribution in [-0.4, -0.2) is 10.7 Å². The van der Waals surface area contributed by atoms with Crippen LogP contribution >= 0.6 is 23.1 Å². The third kappa shape index (κ3) is 1.49.